The average Bonchev–Trinajstić information content (AvgIpc) is 2.66. The van der Waals surface area contributed by atoms with Crippen molar-refractivity contribution in [1.82, 2.24) is 8.96 Å². The van der Waals surface area contributed by atoms with Crippen molar-refractivity contribution in [2.45, 2.75) is 13.8 Å². The van der Waals surface area contributed by atoms with Crippen LogP contribution in [-0.4, -0.2) is 21.9 Å². The van der Waals surface area contributed by atoms with Gasteiger partial charge in [-0.05, 0) is 55.3 Å². The van der Waals surface area contributed by atoms with Crippen LogP contribution in [0.2, 0.25) is 0 Å². The summed E-state index contributed by atoms with van der Waals surface area (Å²) in [5.41, 5.74) is 1.93. The number of hydrogen-bond acceptors (Lipinski definition) is 4. The van der Waals surface area contributed by atoms with Gasteiger partial charge in [-0.2, -0.15) is 8.42 Å². The normalized spacial score (nSPS) is 12.4. The third kappa shape index (κ3) is 2.51. The van der Waals surface area contributed by atoms with Gasteiger partial charge in [-0.1, -0.05) is 18.2 Å². The maximum absolute atomic E-state index is 13.3. The lowest BCUT2D eigenvalue weighted by atomic mass is 10.0. The van der Waals surface area contributed by atoms with Crippen molar-refractivity contribution >= 4 is 53.9 Å². The molecule has 5 rings (SSSR count). The summed E-state index contributed by atoms with van der Waals surface area (Å²) < 4.78 is 35.2. The number of aromatic nitrogens is 2. The molecule has 0 aliphatic rings. The largest absolute Gasteiger partial charge is 0.364 e. The van der Waals surface area contributed by atoms with Gasteiger partial charge in [0.25, 0.3) is 0 Å². The van der Waals surface area contributed by atoms with E-state index < -0.39 is 10.3 Å². The number of fused-ring (bicyclic) bond motifs is 4. The highest BCUT2D eigenvalue weighted by Crippen LogP contribution is 2.26. The second kappa shape index (κ2) is 6.01. The van der Waals surface area contributed by atoms with Crippen LogP contribution in [0.3, 0.4) is 0 Å². The predicted octanol–water partition coefficient (Wildman–Crippen LogP) is 3.42. The zero-order valence-corrected chi connectivity index (χ0v) is 16.9. The minimum Gasteiger partial charge on any atom is -0.354 e. The summed E-state index contributed by atoms with van der Waals surface area (Å²) >= 11 is 0. The fraction of sp³-hybridized carbons (Fsp3) is 0.0909. The third-order valence-corrected chi connectivity index (χ3v) is 6.32. The SMILES string of the molecule is Cc1ccc2c(=O)c3cc4c(cc3[nH]c2c1)c(=O)c1c(C)cccc1n4S(=O)(=O)O. The molecule has 0 saturated heterocycles. The minimum absolute atomic E-state index is 0.0509. The molecule has 0 atom stereocenters. The Bertz CT molecular complexity index is 1780. The highest BCUT2D eigenvalue weighted by molar-refractivity contribution is 7.84. The second-order valence-electron chi connectivity index (χ2n) is 7.46. The Balaban J connectivity index is 2.13. The Morgan fingerprint density at radius 2 is 1.57 bits per heavy atom. The van der Waals surface area contributed by atoms with E-state index in [1.165, 1.54) is 18.2 Å². The molecule has 0 aliphatic carbocycles. The molecule has 0 spiro atoms. The van der Waals surface area contributed by atoms with Gasteiger partial charge < -0.3 is 4.98 Å². The summed E-state index contributed by atoms with van der Waals surface area (Å²) in [6.07, 6.45) is 0. The van der Waals surface area contributed by atoms with Gasteiger partial charge in [-0.25, -0.2) is 3.97 Å². The van der Waals surface area contributed by atoms with Crippen LogP contribution in [-0.2, 0) is 10.3 Å². The van der Waals surface area contributed by atoms with Gasteiger partial charge in [0, 0.05) is 21.7 Å². The van der Waals surface area contributed by atoms with Crippen LogP contribution < -0.4 is 10.9 Å². The van der Waals surface area contributed by atoms with Gasteiger partial charge in [0.15, 0.2) is 10.9 Å². The Kier molecular flexibility index (Phi) is 3.71. The van der Waals surface area contributed by atoms with E-state index in [1.54, 1.807) is 25.1 Å². The van der Waals surface area contributed by atoms with Crippen molar-refractivity contribution < 1.29 is 13.0 Å². The molecular weight excluding hydrogens is 404 g/mol. The average molecular weight is 420 g/mol. The van der Waals surface area contributed by atoms with Crippen molar-refractivity contribution in [1.29, 1.82) is 0 Å². The summed E-state index contributed by atoms with van der Waals surface area (Å²) in [4.78, 5) is 29.5. The van der Waals surface area contributed by atoms with Crippen molar-refractivity contribution in [2.24, 2.45) is 0 Å². The molecule has 0 unspecified atom stereocenters. The molecule has 150 valence electrons. The predicted molar refractivity (Wildman–Crippen MR) is 118 cm³/mol. The van der Waals surface area contributed by atoms with E-state index in [4.69, 9.17) is 0 Å². The summed E-state index contributed by atoms with van der Waals surface area (Å²) in [6, 6.07) is 12.9. The number of H-pyrrole nitrogens is 1. The molecule has 0 amide bonds. The van der Waals surface area contributed by atoms with Gasteiger partial charge in [0.05, 0.1) is 21.9 Å². The topological polar surface area (TPSA) is 109 Å². The summed E-state index contributed by atoms with van der Waals surface area (Å²) in [6.45, 7) is 3.60. The molecule has 2 aromatic heterocycles. The molecule has 0 aliphatic heterocycles. The molecule has 8 heteroatoms. The number of benzene rings is 3. The Hall–Kier alpha value is -3.49. The smallest absolute Gasteiger partial charge is 0.354 e. The number of rotatable bonds is 1. The molecule has 5 aromatic rings. The van der Waals surface area contributed by atoms with Crippen LogP contribution >= 0.6 is 0 Å². The number of nitrogens with zero attached hydrogens (tertiary/aromatic N) is 1. The highest BCUT2D eigenvalue weighted by atomic mass is 32.2. The Morgan fingerprint density at radius 3 is 2.30 bits per heavy atom. The zero-order valence-electron chi connectivity index (χ0n) is 16.1. The van der Waals surface area contributed by atoms with Crippen LogP contribution in [0.25, 0.3) is 43.6 Å². The van der Waals surface area contributed by atoms with Crippen molar-refractivity contribution in [3.63, 3.8) is 0 Å². The molecule has 2 heterocycles. The Labute approximate surface area is 170 Å². The number of nitrogens with one attached hydrogen (secondary N) is 1. The molecule has 2 N–H and O–H groups in total. The molecule has 0 radical (unpaired) electrons. The minimum atomic E-state index is -4.75. The maximum Gasteiger partial charge on any atom is 0.364 e. The number of aryl methyl sites for hydroxylation is 2. The van der Waals surface area contributed by atoms with Crippen LogP contribution in [0.5, 0.6) is 0 Å². The fourth-order valence-electron chi connectivity index (χ4n) is 4.11. The fourth-order valence-corrected chi connectivity index (χ4v) is 4.91. The first-order chi connectivity index (χ1) is 14.2. The lowest BCUT2D eigenvalue weighted by molar-refractivity contribution is 0.476. The molecule has 7 nitrogen and oxygen atoms in total. The van der Waals surface area contributed by atoms with Gasteiger partial charge in [-0.15, -0.1) is 0 Å². The van der Waals surface area contributed by atoms with Gasteiger partial charge in [-0.3, -0.25) is 14.1 Å². The lowest BCUT2D eigenvalue weighted by Crippen LogP contribution is -2.19. The quantitative estimate of drug-likeness (QED) is 0.319. The molecule has 0 bridgehead atoms. The number of pyridine rings is 2. The first kappa shape index (κ1) is 18.5. The van der Waals surface area contributed by atoms with E-state index in [2.05, 4.69) is 4.98 Å². The van der Waals surface area contributed by atoms with E-state index in [9.17, 15) is 22.6 Å². The number of aromatic amines is 1. The molecule has 30 heavy (non-hydrogen) atoms. The lowest BCUT2D eigenvalue weighted by Gasteiger charge is -2.14. The highest BCUT2D eigenvalue weighted by Gasteiger charge is 2.21. The molecule has 0 fully saturated rings. The number of hydrogen-bond donors (Lipinski definition) is 2. The van der Waals surface area contributed by atoms with Crippen LogP contribution in [0.15, 0.2) is 58.1 Å². The summed E-state index contributed by atoms with van der Waals surface area (Å²) in [5, 5.41) is 0.957. The van der Waals surface area contributed by atoms with Crippen LogP contribution in [0.4, 0.5) is 0 Å². The monoisotopic (exact) mass is 420 g/mol. The van der Waals surface area contributed by atoms with Gasteiger partial charge in [0.2, 0.25) is 0 Å². The van der Waals surface area contributed by atoms with E-state index in [0.717, 1.165) is 5.56 Å². The first-order valence-electron chi connectivity index (χ1n) is 9.19. The van der Waals surface area contributed by atoms with Crippen LogP contribution in [0, 0.1) is 13.8 Å². The summed E-state index contributed by atoms with van der Waals surface area (Å²) in [5.74, 6) is 0. The van der Waals surface area contributed by atoms with E-state index in [-0.39, 0.29) is 38.0 Å². The molecular formula is C22H16N2O5S. The molecule has 0 saturated carbocycles. The van der Waals surface area contributed by atoms with Crippen LogP contribution in [0.1, 0.15) is 11.1 Å². The molecule has 3 aromatic carbocycles. The Morgan fingerprint density at radius 1 is 0.833 bits per heavy atom. The maximum atomic E-state index is 13.3. The van der Waals surface area contributed by atoms with E-state index in [0.29, 0.717) is 26.0 Å². The second-order valence-corrected chi connectivity index (χ2v) is 8.72. The van der Waals surface area contributed by atoms with E-state index >= 15 is 0 Å². The van der Waals surface area contributed by atoms with Crippen molar-refractivity contribution in [2.75, 3.05) is 0 Å². The summed E-state index contributed by atoms with van der Waals surface area (Å²) in [7, 11) is -4.75. The third-order valence-electron chi connectivity index (χ3n) is 5.46. The first-order valence-corrected chi connectivity index (χ1v) is 10.6. The van der Waals surface area contributed by atoms with Crippen molar-refractivity contribution in [3.8, 4) is 0 Å². The van der Waals surface area contributed by atoms with Crippen molar-refractivity contribution in [3.05, 3.63) is 80.1 Å². The van der Waals surface area contributed by atoms with Gasteiger partial charge >= 0.3 is 10.3 Å². The van der Waals surface area contributed by atoms with E-state index in [1.807, 2.05) is 19.1 Å². The zero-order chi connectivity index (χ0) is 21.4. The van der Waals surface area contributed by atoms with Gasteiger partial charge in [0.1, 0.15) is 0 Å². The standard InChI is InChI=1S/C22H16N2O5S/c1-11-6-7-13-16(8-11)23-17-9-15-19(10-14(17)21(13)25)24(30(27,28)29)18-5-3-4-12(2)20(18)22(15)26/h3-10H,1-2H3,(H,23,25)(H,27,28,29).